The van der Waals surface area contributed by atoms with Crippen molar-refractivity contribution in [3.05, 3.63) is 59.2 Å². The van der Waals surface area contributed by atoms with E-state index in [0.29, 0.717) is 17.0 Å². The molecule has 0 atom stereocenters. The fourth-order valence-electron chi connectivity index (χ4n) is 3.42. The number of methoxy groups -OCH3 is 1. The summed E-state index contributed by atoms with van der Waals surface area (Å²) < 4.78 is 5.49. The third kappa shape index (κ3) is 4.05. The van der Waals surface area contributed by atoms with Gasteiger partial charge in [0.15, 0.2) is 0 Å². The average Bonchev–Trinajstić information content (AvgIpc) is 2.72. The molecular formula is C23H25N3O4. The monoisotopic (exact) mass is 407 g/mol. The lowest BCUT2D eigenvalue weighted by Gasteiger charge is -2.27. The number of rotatable bonds is 6. The van der Waals surface area contributed by atoms with Crippen LogP contribution in [0.1, 0.15) is 25.0 Å². The molecule has 30 heavy (non-hydrogen) atoms. The number of anilines is 2. The number of aryl methyl sites for hydroxylation is 1. The van der Waals surface area contributed by atoms with E-state index in [1.807, 2.05) is 25.1 Å². The molecule has 1 saturated heterocycles. The highest BCUT2D eigenvalue weighted by atomic mass is 16.5. The van der Waals surface area contributed by atoms with E-state index >= 15 is 0 Å². The van der Waals surface area contributed by atoms with Crippen molar-refractivity contribution >= 4 is 35.3 Å². The highest BCUT2D eigenvalue weighted by Crippen LogP contribution is 2.29. The van der Waals surface area contributed by atoms with Crippen molar-refractivity contribution < 1.29 is 19.1 Å². The van der Waals surface area contributed by atoms with Gasteiger partial charge < -0.3 is 9.64 Å². The Bertz CT molecular complexity index is 1020. The first kappa shape index (κ1) is 21.1. The first-order chi connectivity index (χ1) is 14.4. The van der Waals surface area contributed by atoms with Crippen LogP contribution < -0.4 is 19.9 Å². The smallest absolute Gasteiger partial charge is 0.335 e. The molecule has 0 aliphatic carbocycles. The Balaban J connectivity index is 2.02. The van der Waals surface area contributed by atoms with Crippen LogP contribution in [0.3, 0.4) is 0 Å². The van der Waals surface area contributed by atoms with Gasteiger partial charge in [0.2, 0.25) is 0 Å². The molecule has 0 spiro atoms. The molecule has 1 N–H and O–H groups in total. The Kier molecular flexibility index (Phi) is 6.20. The van der Waals surface area contributed by atoms with E-state index in [4.69, 9.17) is 4.74 Å². The molecule has 4 amide bonds. The van der Waals surface area contributed by atoms with Gasteiger partial charge in [-0.2, -0.15) is 0 Å². The van der Waals surface area contributed by atoms with Gasteiger partial charge in [0.25, 0.3) is 11.8 Å². The van der Waals surface area contributed by atoms with Crippen molar-refractivity contribution in [1.82, 2.24) is 5.32 Å². The number of barbiturate groups is 1. The summed E-state index contributed by atoms with van der Waals surface area (Å²) in [4.78, 5) is 41.0. The van der Waals surface area contributed by atoms with Crippen LogP contribution >= 0.6 is 0 Å². The van der Waals surface area contributed by atoms with Gasteiger partial charge in [0, 0.05) is 30.4 Å². The second-order valence-electron chi connectivity index (χ2n) is 6.90. The molecule has 7 heteroatoms. The van der Waals surface area contributed by atoms with Crippen molar-refractivity contribution in [2.24, 2.45) is 0 Å². The number of hydrogen-bond donors (Lipinski definition) is 1. The molecule has 0 aromatic heterocycles. The first-order valence-corrected chi connectivity index (χ1v) is 9.80. The summed E-state index contributed by atoms with van der Waals surface area (Å²) in [7, 11) is 1.54. The Hall–Kier alpha value is -3.61. The zero-order valence-electron chi connectivity index (χ0n) is 17.6. The molecule has 1 heterocycles. The van der Waals surface area contributed by atoms with Gasteiger partial charge in [-0.05, 0) is 56.7 Å². The minimum absolute atomic E-state index is 0.134. The van der Waals surface area contributed by atoms with Crippen molar-refractivity contribution in [2.45, 2.75) is 20.8 Å². The lowest BCUT2D eigenvalue weighted by molar-refractivity contribution is -0.122. The lowest BCUT2D eigenvalue weighted by atomic mass is 10.0. The molecular weight excluding hydrogens is 382 g/mol. The van der Waals surface area contributed by atoms with Gasteiger partial charge in [0.05, 0.1) is 12.8 Å². The van der Waals surface area contributed by atoms with E-state index in [1.165, 1.54) is 13.2 Å². The molecule has 0 saturated carbocycles. The largest absolute Gasteiger partial charge is 0.496 e. The van der Waals surface area contributed by atoms with E-state index < -0.39 is 17.8 Å². The summed E-state index contributed by atoms with van der Waals surface area (Å²) in [5.41, 5.74) is 2.72. The van der Waals surface area contributed by atoms with Gasteiger partial charge in [0.1, 0.15) is 11.3 Å². The molecule has 1 aliphatic rings. The number of amides is 4. The average molecular weight is 407 g/mol. The molecule has 0 radical (unpaired) electrons. The number of ether oxygens (including phenoxy) is 1. The van der Waals surface area contributed by atoms with Crippen LogP contribution in [0.2, 0.25) is 0 Å². The van der Waals surface area contributed by atoms with Gasteiger partial charge in [-0.25, -0.2) is 9.69 Å². The molecule has 1 fully saturated rings. The fourth-order valence-corrected chi connectivity index (χ4v) is 3.42. The van der Waals surface area contributed by atoms with Crippen LogP contribution in [0.25, 0.3) is 6.08 Å². The quantitative estimate of drug-likeness (QED) is 0.586. The number of nitrogens with one attached hydrogen (secondary N) is 1. The van der Waals surface area contributed by atoms with Gasteiger partial charge >= 0.3 is 6.03 Å². The maximum Gasteiger partial charge on any atom is 0.335 e. The van der Waals surface area contributed by atoms with E-state index in [0.717, 1.165) is 29.2 Å². The van der Waals surface area contributed by atoms with Crippen LogP contribution in [0.5, 0.6) is 5.75 Å². The number of nitrogens with zero attached hydrogens (tertiary/aromatic N) is 2. The fraction of sp³-hybridized carbons (Fsp3) is 0.261. The highest BCUT2D eigenvalue weighted by molar-refractivity contribution is 6.39. The number of benzene rings is 2. The molecule has 2 aromatic carbocycles. The number of hydrogen-bond acceptors (Lipinski definition) is 5. The maximum absolute atomic E-state index is 13.1. The van der Waals surface area contributed by atoms with E-state index in [9.17, 15) is 14.4 Å². The first-order valence-electron chi connectivity index (χ1n) is 9.80. The van der Waals surface area contributed by atoms with E-state index in [2.05, 4.69) is 24.1 Å². The Labute approximate surface area is 175 Å². The molecule has 1 aliphatic heterocycles. The normalized spacial score (nSPS) is 15.4. The van der Waals surface area contributed by atoms with Gasteiger partial charge in [-0.15, -0.1) is 0 Å². The summed E-state index contributed by atoms with van der Waals surface area (Å²) in [6.07, 6.45) is 1.46. The predicted molar refractivity (Wildman–Crippen MR) is 117 cm³/mol. The van der Waals surface area contributed by atoms with Crippen LogP contribution in [0.15, 0.2) is 48.0 Å². The maximum atomic E-state index is 13.1. The molecule has 0 unspecified atom stereocenters. The Morgan fingerprint density at radius 2 is 1.80 bits per heavy atom. The molecule has 156 valence electrons. The summed E-state index contributed by atoms with van der Waals surface area (Å²) in [5.74, 6) is -0.875. The van der Waals surface area contributed by atoms with Crippen molar-refractivity contribution in [3.8, 4) is 5.75 Å². The summed E-state index contributed by atoms with van der Waals surface area (Å²) >= 11 is 0. The second kappa shape index (κ2) is 8.82. The Morgan fingerprint density at radius 3 is 2.43 bits per heavy atom. The molecule has 0 bridgehead atoms. The zero-order valence-corrected chi connectivity index (χ0v) is 17.6. The third-order valence-corrected chi connectivity index (χ3v) is 5.01. The molecule has 2 aromatic rings. The van der Waals surface area contributed by atoms with E-state index in [-0.39, 0.29) is 5.57 Å². The SMILES string of the molecule is CCN(CC)c1ccc(/C=C2\C(=O)NC(=O)N(c3cccc(C)c3)C2=O)c(OC)c1. The van der Waals surface area contributed by atoms with Gasteiger partial charge in [-0.1, -0.05) is 12.1 Å². The number of urea groups is 1. The van der Waals surface area contributed by atoms with Crippen molar-refractivity contribution in [2.75, 3.05) is 30.0 Å². The minimum Gasteiger partial charge on any atom is -0.496 e. The van der Waals surface area contributed by atoms with Crippen molar-refractivity contribution in [3.63, 3.8) is 0 Å². The predicted octanol–water partition coefficient (Wildman–Crippen LogP) is 3.52. The second-order valence-corrected chi connectivity index (χ2v) is 6.90. The third-order valence-electron chi connectivity index (χ3n) is 5.01. The number of carbonyl (C=O) groups excluding carboxylic acids is 3. The van der Waals surface area contributed by atoms with E-state index in [1.54, 1.807) is 24.3 Å². The van der Waals surface area contributed by atoms with Crippen LogP contribution in [-0.4, -0.2) is 38.0 Å². The van der Waals surface area contributed by atoms with Crippen molar-refractivity contribution in [1.29, 1.82) is 0 Å². The van der Waals surface area contributed by atoms with Gasteiger partial charge in [-0.3, -0.25) is 14.9 Å². The molecule has 3 rings (SSSR count). The van der Waals surface area contributed by atoms with Crippen LogP contribution in [0, 0.1) is 6.92 Å². The topological polar surface area (TPSA) is 79.0 Å². The molecule has 7 nitrogen and oxygen atoms in total. The zero-order chi connectivity index (χ0) is 21.8. The summed E-state index contributed by atoms with van der Waals surface area (Å²) in [6.45, 7) is 7.67. The standard InChI is InChI=1S/C23H25N3O4/c1-5-25(6-2)17-11-10-16(20(14-17)30-4)13-19-21(27)24-23(29)26(22(19)28)18-9-7-8-15(3)12-18/h7-14H,5-6H2,1-4H3,(H,24,27,29)/b19-13+. The van der Waals surface area contributed by atoms with Crippen LogP contribution in [-0.2, 0) is 9.59 Å². The number of carbonyl (C=O) groups is 3. The van der Waals surface area contributed by atoms with Crippen LogP contribution in [0.4, 0.5) is 16.2 Å². The lowest BCUT2D eigenvalue weighted by Crippen LogP contribution is -2.54. The number of imide groups is 2. The summed E-state index contributed by atoms with van der Waals surface area (Å²) in [6, 6.07) is 11.8. The Morgan fingerprint density at radius 1 is 1.07 bits per heavy atom. The highest BCUT2D eigenvalue weighted by Gasteiger charge is 2.37. The summed E-state index contributed by atoms with van der Waals surface area (Å²) in [5, 5.41) is 2.24. The minimum atomic E-state index is -0.767.